The fraction of sp³-hybridized carbons (Fsp3) is 0.269. The maximum atomic E-state index is 13.7. The summed E-state index contributed by atoms with van der Waals surface area (Å²) >= 11 is 6.41. The number of carboxylic acid groups (broad SMARTS) is 1. The Balaban J connectivity index is 1.73. The highest BCUT2D eigenvalue weighted by molar-refractivity contribution is 7.90. The van der Waals surface area contributed by atoms with Crippen molar-refractivity contribution < 1.29 is 18.3 Å². The number of nitrogens with one attached hydrogen (secondary N) is 1. The van der Waals surface area contributed by atoms with E-state index in [9.17, 15) is 18.3 Å². The Morgan fingerprint density at radius 1 is 1.11 bits per heavy atom. The summed E-state index contributed by atoms with van der Waals surface area (Å²) in [5.41, 5.74) is 1.66. The van der Waals surface area contributed by atoms with E-state index in [-0.39, 0.29) is 21.3 Å². The number of fused-ring (bicyclic) bond motifs is 1. The van der Waals surface area contributed by atoms with Crippen LogP contribution in [0.3, 0.4) is 0 Å². The molecule has 0 amide bonds. The number of pyridine rings is 2. The summed E-state index contributed by atoms with van der Waals surface area (Å²) in [5, 5.41) is 13.7. The van der Waals surface area contributed by atoms with Gasteiger partial charge < -0.3 is 10.4 Å². The van der Waals surface area contributed by atoms with E-state index in [1.165, 1.54) is 34.8 Å². The first-order chi connectivity index (χ1) is 17.3. The molecule has 0 spiro atoms. The number of benzene rings is 1. The van der Waals surface area contributed by atoms with E-state index < -0.39 is 16.0 Å². The molecule has 0 unspecified atom stereocenters. The lowest BCUT2D eigenvalue weighted by molar-refractivity contribution is 0.0696. The van der Waals surface area contributed by atoms with Gasteiger partial charge in [0.1, 0.15) is 11.0 Å². The van der Waals surface area contributed by atoms with Gasteiger partial charge in [0, 0.05) is 28.9 Å². The minimum absolute atomic E-state index is 0.0429. The van der Waals surface area contributed by atoms with Crippen molar-refractivity contribution in [3.8, 4) is 11.1 Å². The number of halogens is 1. The third-order valence-electron chi connectivity index (χ3n) is 6.56. The number of carbonyl (C=O) groups is 1. The van der Waals surface area contributed by atoms with E-state index in [0.717, 1.165) is 25.7 Å². The van der Waals surface area contributed by atoms with Crippen LogP contribution in [0.25, 0.3) is 22.2 Å². The molecule has 2 N–H and O–H groups in total. The summed E-state index contributed by atoms with van der Waals surface area (Å²) < 4.78 is 28.5. The summed E-state index contributed by atoms with van der Waals surface area (Å²) in [6.07, 6.45) is 6.78. The number of nitrogens with zero attached hydrogens (tertiary/aromatic N) is 3. The van der Waals surface area contributed by atoms with E-state index in [2.05, 4.69) is 15.3 Å². The summed E-state index contributed by atoms with van der Waals surface area (Å²) in [6.45, 7) is 1.68. The van der Waals surface area contributed by atoms with Gasteiger partial charge in [0.2, 0.25) is 0 Å². The van der Waals surface area contributed by atoms with Crippen molar-refractivity contribution >= 4 is 44.4 Å². The molecule has 1 saturated carbocycles. The number of hydrogen-bond acceptors (Lipinski definition) is 6. The Morgan fingerprint density at radius 3 is 2.53 bits per heavy atom. The van der Waals surface area contributed by atoms with Crippen molar-refractivity contribution in [3.63, 3.8) is 0 Å². The number of rotatable bonds is 6. The molecular weight excluding hydrogens is 500 g/mol. The number of aromatic carboxylic acids is 1. The van der Waals surface area contributed by atoms with Crippen molar-refractivity contribution in [3.05, 3.63) is 71.1 Å². The molecule has 4 aromatic rings. The average Bonchev–Trinajstić information content (AvgIpc) is 3.16. The lowest BCUT2D eigenvalue weighted by Crippen LogP contribution is -2.22. The Labute approximate surface area is 214 Å². The fourth-order valence-electron chi connectivity index (χ4n) is 4.90. The van der Waals surface area contributed by atoms with Crippen LogP contribution < -0.4 is 5.32 Å². The molecule has 1 aliphatic rings. The lowest BCUT2D eigenvalue weighted by Gasteiger charge is -2.23. The Morgan fingerprint density at radius 2 is 1.83 bits per heavy atom. The Kier molecular flexibility index (Phi) is 6.44. The number of carboxylic acids is 1. The zero-order chi connectivity index (χ0) is 25.4. The number of hydrogen-bond donors (Lipinski definition) is 2. The molecule has 186 valence electrons. The normalized spacial score (nSPS) is 14.7. The first-order valence-corrected chi connectivity index (χ1v) is 13.6. The van der Waals surface area contributed by atoms with E-state index in [0.29, 0.717) is 34.1 Å². The van der Waals surface area contributed by atoms with Crippen molar-refractivity contribution in [2.24, 2.45) is 0 Å². The highest BCUT2D eigenvalue weighted by Crippen LogP contribution is 2.38. The van der Waals surface area contributed by atoms with Crippen LogP contribution in [0.5, 0.6) is 0 Å². The Hall–Kier alpha value is -3.43. The summed E-state index contributed by atoms with van der Waals surface area (Å²) in [7, 11) is -4.02. The van der Waals surface area contributed by atoms with Crippen LogP contribution in [0.4, 0.5) is 5.82 Å². The standard InChI is InChI=1S/C26H25ClN4O4S/c1-16-24(17-13-22(27)30-23(14-17)29-19-8-4-2-5-9-19)21-12-18(26(32)33)15-28-25(21)31(16)36(34,35)20-10-6-3-7-11-20/h3,6-7,10-15,19H,2,4-5,8-9H2,1H3,(H,29,30)(H,32,33). The van der Waals surface area contributed by atoms with Crippen LogP contribution in [0, 0.1) is 6.92 Å². The maximum Gasteiger partial charge on any atom is 0.337 e. The Bertz CT molecular complexity index is 1560. The predicted octanol–water partition coefficient (Wildman–Crippen LogP) is 5.74. The minimum Gasteiger partial charge on any atom is -0.478 e. The first-order valence-electron chi connectivity index (χ1n) is 11.7. The van der Waals surface area contributed by atoms with E-state index >= 15 is 0 Å². The van der Waals surface area contributed by atoms with Crippen LogP contribution in [-0.4, -0.2) is 39.5 Å². The molecule has 36 heavy (non-hydrogen) atoms. The van der Waals surface area contributed by atoms with E-state index in [1.807, 2.05) is 6.07 Å². The third kappa shape index (κ3) is 4.44. The maximum absolute atomic E-state index is 13.7. The molecule has 10 heteroatoms. The monoisotopic (exact) mass is 524 g/mol. The van der Waals surface area contributed by atoms with Crippen molar-refractivity contribution in [2.75, 3.05) is 5.32 Å². The van der Waals surface area contributed by atoms with Gasteiger partial charge in [-0.25, -0.2) is 27.2 Å². The van der Waals surface area contributed by atoms with Gasteiger partial charge in [-0.1, -0.05) is 49.1 Å². The second-order valence-electron chi connectivity index (χ2n) is 8.99. The van der Waals surface area contributed by atoms with Crippen molar-refractivity contribution in [2.45, 2.75) is 50.0 Å². The molecular formula is C26H25ClN4O4S. The van der Waals surface area contributed by atoms with Crippen LogP contribution in [0.15, 0.2) is 59.6 Å². The van der Waals surface area contributed by atoms with Crippen LogP contribution in [0.1, 0.15) is 48.2 Å². The van der Waals surface area contributed by atoms with Gasteiger partial charge in [0.25, 0.3) is 10.0 Å². The fourth-order valence-corrected chi connectivity index (χ4v) is 6.65. The average molecular weight is 525 g/mol. The summed E-state index contributed by atoms with van der Waals surface area (Å²) in [5.74, 6) is -0.558. The molecule has 0 saturated heterocycles. The van der Waals surface area contributed by atoms with Crippen LogP contribution in [0.2, 0.25) is 5.15 Å². The molecule has 0 atom stereocenters. The zero-order valence-corrected chi connectivity index (χ0v) is 21.2. The van der Waals surface area contributed by atoms with Crippen molar-refractivity contribution in [1.82, 2.24) is 13.9 Å². The SMILES string of the molecule is Cc1c(-c2cc(Cl)nc(NC3CCCCC3)c2)c2cc(C(=O)O)cnc2n1S(=O)(=O)c1ccccc1. The van der Waals surface area contributed by atoms with Gasteiger partial charge >= 0.3 is 5.97 Å². The third-order valence-corrected chi connectivity index (χ3v) is 8.55. The predicted molar refractivity (Wildman–Crippen MR) is 139 cm³/mol. The van der Waals surface area contributed by atoms with Crippen molar-refractivity contribution in [1.29, 1.82) is 0 Å². The molecule has 3 heterocycles. The van der Waals surface area contributed by atoms with E-state index in [1.54, 1.807) is 31.2 Å². The quantitative estimate of drug-likeness (QED) is 0.309. The highest BCUT2D eigenvalue weighted by atomic mass is 35.5. The van der Waals surface area contributed by atoms with E-state index in [4.69, 9.17) is 11.6 Å². The van der Waals surface area contributed by atoms with Gasteiger partial charge in [0.15, 0.2) is 5.65 Å². The van der Waals surface area contributed by atoms with Gasteiger partial charge in [-0.15, -0.1) is 0 Å². The first kappa shape index (κ1) is 24.3. The molecule has 0 bridgehead atoms. The molecule has 1 aromatic carbocycles. The summed E-state index contributed by atoms with van der Waals surface area (Å²) in [6, 6.07) is 13.3. The lowest BCUT2D eigenvalue weighted by atomic mass is 9.95. The van der Waals surface area contributed by atoms with Crippen LogP contribution >= 0.6 is 11.6 Å². The molecule has 5 rings (SSSR count). The van der Waals surface area contributed by atoms with Gasteiger partial charge in [-0.05, 0) is 55.7 Å². The molecule has 8 nitrogen and oxygen atoms in total. The topological polar surface area (TPSA) is 114 Å². The van der Waals surface area contributed by atoms with Gasteiger partial charge in [0.05, 0.1) is 10.5 Å². The second kappa shape index (κ2) is 9.55. The molecule has 1 aliphatic carbocycles. The minimum atomic E-state index is -4.02. The van der Waals surface area contributed by atoms with Crippen LogP contribution in [-0.2, 0) is 10.0 Å². The molecule has 0 radical (unpaired) electrons. The second-order valence-corrected chi connectivity index (χ2v) is 11.2. The number of aromatic nitrogens is 3. The summed E-state index contributed by atoms with van der Waals surface area (Å²) in [4.78, 5) is 20.5. The molecule has 1 fully saturated rings. The van der Waals surface area contributed by atoms with Gasteiger partial charge in [-0.3, -0.25) is 0 Å². The smallest absolute Gasteiger partial charge is 0.337 e. The molecule has 3 aromatic heterocycles. The van der Waals surface area contributed by atoms with Gasteiger partial charge in [-0.2, -0.15) is 0 Å². The zero-order valence-electron chi connectivity index (χ0n) is 19.6. The highest BCUT2D eigenvalue weighted by Gasteiger charge is 2.28. The largest absolute Gasteiger partial charge is 0.478 e. The molecule has 0 aliphatic heterocycles. The number of anilines is 1.